The maximum Gasteiger partial charge on any atom is 0.138 e. The Hall–Kier alpha value is -0.560. The molecule has 0 aliphatic rings. The number of halogens is 2. The third-order valence-corrected chi connectivity index (χ3v) is 2.89. The summed E-state index contributed by atoms with van der Waals surface area (Å²) in [6, 6.07) is 3.13. The number of nitrogens with two attached hydrogens (primary N) is 1. The molecule has 0 fully saturated rings. The lowest BCUT2D eigenvalue weighted by Gasteiger charge is -2.17. The molecule has 0 bridgehead atoms. The van der Waals surface area contributed by atoms with Gasteiger partial charge in [0.25, 0.3) is 0 Å². The van der Waals surface area contributed by atoms with Crippen molar-refractivity contribution in [3.8, 4) is 0 Å². The first-order valence-corrected chi connectivity index (χ1v) is 6.21. The van der Waals surface area contributed by atoms with Crippen molar-refractivity contribution in [3.63, 3.8) is 0 Å². The summed E-state index contributed by atoms with van der Waals surface area (Å²) in [5.41, 5.74) is 6.96. The van der Waals surface area contributed by atoms with Gasteiger partial charge in [-0.3, -0.25) is 0 Å². The van der Waals surface area contributed by atoms with Crippen LogP contribution in [0.15, 0.2) is 12.1 Å². The predicted molar refractivity (Wildman–Crippen MR) is 73.1 cm³/mol. The predicted octanol–water partition coefficient (Wildman–Crippen LogP) is 2.85. The first-order valence-electron chi connectivity index (χ1n) is 5.13. The molecule has 0 heterocycles. The largest absolute Gasteiger partial charge is 0.397 e. The lowest BCUT2D eigenvalue weighted by Crippen LogP contribution is -2.22. The minimum atomic E-state index is -0.263. The Bertz CT molecular complexity index is 360. The van der Waals surface area contributed by atoms with Crippen LogP contribution in [0.4, 0.5) is 15.8 Å². The Kier molecular flexibility index (Phi) is 5.27. The maximum atomic E-state index is 13.3. The molecule has 3 N–H and O–H groups in total. The summed E-state index contributed by atoms with van der Waals surface area (Å²) >= 11 is 1.92. The van der Waals surface area contributed by atoms with Gasteiger partial charge in [0, 0.05) is 18.7 Å². The third kappa shape index (κ3) is 3.79. The second kappa shape index (κ2) is 6.24. The molecule has 0 saturated heterocycles. The highest BCUT2D eigenvalue weighted by Crippen LogP contribution is 2.24. The summed E-state index contributed by atoms with van der Waals surface area (Å²) in [7, 11) is 0. The van der Waals surface area contributed by atoms with E-state index in [1.54, 1.807) is 6.07 Å². The normalized spacial score (nSPS) is 12.5. The number of nitrogens with one attached hydrogen (secondary N) is 1. The zero-order valence-corrected chi connectivity index (χ0v) is 11.5. The van der Waals surface area contributed by atoms with Crippen molar-refractivity contribution in [3.05, 3.63) is 21.5 Å². The molecule has 0 amide bonds. The van der Waals surface area contributed by atoms with Crippen molar-refractivity contribution < 1.29 is 9.13 Å². The van der Waals surface area contributed by atoms with E-state index in [4.69, 9.17) is 10.5 Å². The van der Waals surface area contributed by atoms with Gasteiger partial charge in [0.2, 0.25) is 0 Å². The highest BCUT2D eigenvalue weighted by atomic mass is 127. The standard InChI is InChI=1S/C11H16FIN2O/c1-3-16-6-7(2)15-11-4-8(12)9(13)5-10(11)14/h4-5,7,15H,3,6,14H2,1-2H3. The Morgan fingerprint density at radius 2 is 2.25 bits per heavy atom. The van der Waals surface area contributed by atoms with Crippen LogP contribution in [0, 0.1) is 9.39 Å². The average Bonchev–Trinajstić information content (AvgIpc) is 2.23. The van der Waals surface area contributed by atoms with E-state index < -0.39 is 0 Å². The number of nitrogen functional groups attached to an aromatic ring is 1. The Morgan fingerprint density at radius 1 is 1.56 bits per heavy atom. The van der Waals surface area contributed by atoms with Gasteiger partial charge in [0.1, 0.15) is 5.82 Å². The van der Waals surface area contributed by atoms with Crippen LogP contribution in [0.1, 0.15) is 13.8 Å². The zero-order chi connectivity index (χ0) is 12.1. The van der Waals surface area contributed by atoms with Gasteiger partial charge in [-0.25, -0.2) is 4.39 Å². The van der Waals surface area contributed by atoms with Gasteiger partial charge in [0.05, 0.1) is 21.6 Å². The summed E-state index contributed by atoms with van der Waals surface area (Å²) in [4.78, 5) is 0. The van der Waals surface area contributed by atoms with Crippen LogP contribution in [0.2, 0.25) is 0 Å². The molecule has 1 aromatic carbocycles. The van der Waals surface area contributed by atoms with Crippen LogP contribution in [0.25, 0.3) is 0 Å². The van der Waals surface area contributed by atoms with Crippen LogP contribution < -0.4 is 11.1 Å². The molecular weight excluding hydrogens is 322 g/mol. The highest BCUT2D eigenvalue weighted by Gasteiger charge is 2.08. The Labute approximate surface area is 109 Å². The number of ether oxygens (including phenoxy) is 1. The molecule has 1 unspecified atom stereocenters. The average molecular weight is 338 g/mol. The Balaban J connectivity index is 2.69. The lowest BCUT2D eigenvalue weighted by atomic mass is 10.2. The Morgan fingerprint density at radius 3 is 2.88 bits per heavy atom. The lowest BCUT2D eigenvalue weighted by molar-refractivity contribution is 0.141. The van der Waals surface area contributed by atoms with Gasteiger partial charge in [-0.15, -0.1) is 0 Å². The van der Waals surface area contributed by atoms with Crippen molar-refractivity contribution in [2.75, 3.05) is 24.3 Å². The SMILES string of the molecule is CCOCC(C)Nc1cc(F)c(I)cc1N. The summed E-state index contributed by atoms with van der Waals surface area (Å²) < 4.78 is 19.1. The quantitative estimate of drug-likeness (QED) is 0.641. The monoisotopic (exact) mass is 338 g/mol. The fraction of sp³-hybridized carbons (Fsp3) is 0.455. The van der Waals surface area contributed by atoms with E-state index in [2.05, 4.69) is 5.32 Å². The van der Waals surface area contributed by atoms with Gasteiger partial charge in [0.15, 0.2) is 0 Å². The molecule has 1 aromatic rings. The second-order valence-corrected chi connectivity index (χ2v) is 4.72. The minimum absolute atomic E-state index is 0.0988. The highest BCUT2D eigenvalue weighted by molar-refractivity contribution is 14.1. The third-order valence-electron chi connectivity index (χ3n) is 2.07. The fourth-order valence-electron chi connectivity index (χ4n) is 1.29. The van der Waals surface area contributed by atoms with Gasteiger partial charge >= 0.3 is 0 Å². The van der Waals surface area contributed by atoms with Crippen LogP contribution in [0.5, 0.6) is 0 Å². The molecule has 3 nitrogen and oxygen atoms in total. The molecule has 0 spiro atoms. The molecule has 0 aromatic heterocycles. The van der Waals surface area contributed by atoms with Gasteiger partial charge < -0.3 is 15.8 Å². The van der Waals surface area contributed by atoms with Gasteiger partial charge in [-0.05, 0) is 42.5 Å². The summed E-state index contributed by atoms with van der Waals surface area (Å²) in [5.74, 6) is -0.263. The van der Waals surface area contributed by atoms with Crippen LogP contribution in [-0.2, 0) is 4.74 Å². The molecule has 5 heteroatoms. The van der Waals surface area contributed by atoms with Crippen molar-refractivity contribution in [2.24, 2.45) is 0 Å². The van der Waals surface area contributed by atoms with E-state index in [9.17, 15) is 4.39 Å². The molecule has 0 radical (unpaired) electrons. The van der Waals surface area contributed by atoms with Crippen LogP contribution >= 0.6 is 22.6 Å². The fourth-order valence-corrected chi connectivity index (χ4v) is 1.78. The zero-order valence-electron chi connectivity index (χ0n) is 9.39. The summed E-state index contributed by atoms with van der Waals surface area (Å²) in [5, 5.41) is 3.12. The van der Waals surface area contributed by atoms with Gasteiger partial charge in [-0.1, -0.05) is 0 Å². The minimum Gasteiger partial charge on any atom is -0.397 e. The molecular formula is C11H16FIN2O. The van der Waals surface area contributed by atoms with Crippen molar-refractivity contribution in [2.45, 2.75) is 19.9 Å². The van der Waals surface area contributed by atoms with E-state index in [1.165, 1.54) is 6.07 Å². The smallest absolute Gasteiger partial charge is 0.138 e. The van der Waals surface area contributed by atoms with E-state index >= 15 is 0 Å². The van der Waals surface area contributed by atoms with Crippen molar-refractivity contribution in [1.29, 1.82) is 0 Å². The molecule has 90 valence electrons. The second-order valence-electron chi connectivity index (χ2n) is 3.56. The number of hydrogen-bond acceptors (Lipinski definition) is 3. The molecule has 1 atom stereocenters. The van der Waals surface area contributed by atoms with Gasteiger partial charge in [-0.2, -0.15) is 0 Å². The van der Waals surface area contributed by atoms with Crippen molar-refractivity contribution in [1.82, 2.24) is 0 Å². The molecule has 0 saturated carbocycles. The maximum absolute atomic E-state index is 13.3. The number of anilines is 2. The number of hydrogen-bond donors (Lipinski definition) is 2. The number of benzene rings is 1. The molecule has 16 heavy (non-hydrogen) atoms. The molecule has 0 aliphatic heterocycles. The van der Waals surface area contributed by atoms with E-state index in [0.717, 1.165) is 0 Å². The molecule has 0 aliphatic carbocycles. The van der Waals surface area contributed by atoms with Crippen LogP contribution in [-0.4, -0.2) is 19.3 Å². The van der Waals surface area contributed by atoms with E-state index in [-0.39, 0.29) is 11.9 Å². The van der Waals surface area contributed by atoms with Crippen molar-refractivity contribution >= 4 is 34.0 Å². The first-order chi connectivity index (χ1) is 7.54. The van der Waals surface area contributed by atoms with E-state index in [1.807, 2.05) is 36.4 Å². The van der Waals surface area contributed by atoms with Crippen LogP contribution in [0.3, 0.4) is 0 Å². The first kappa shape index (κ1) is 13.5. The van der Waals surface area contributed by atoms with E-state index in [0.29, 0.717) is 28.2 Å². The summed E-state index contributed by atoms with van der Waals surface area (Å²) in [6.07, 6.45) is 0. The number of rotatable bonds is 5. The summed E-state index contributed by atoms with van der Waals surface area (Å²) in [6.45, 7) is 5.14. The topological polar surface area (TPSA) is 47.3 Å². The molecule has 1 rings (SSSR count).